The number of likely N-dealkylation sites (tertiary alicyclic amines) is 1. The van der Waals surface area contributed by atoms with Gasteiger partial charge in [-0.2, -0.15) is 0 Å². The van der Waals surface area contributed by atoms with Crippen molar-refractivity contribution in [2.24, 2.45) is 5.92 Å². The predicted octanol–water partition coefficient (Wildman–Crippen LogP) is 1.01. The molecule has 16 heavy (non-hydrogen) atoms. The molecule has 2 aliphatic rings. The van der Waals surface area contributed by atoms with E-state index in [0.29, 0.717) is 6.04 Å². The van der Waals surface area contributed by atoms with Gasteiger partial charge in [0.2, 0.25) is 0 Å². The fraction of sp³-hybridized carbons (Fsp3) is 1.00. The van der Waals surface area contributed by atoms with Gasteiger partial charge in [0.15, 0.2) is 0 Å². The third-order valence-electron chi connectivity index (χ3n) is 4.16. The van der Waals surface area contributed by atoms with E-state index in [4.69, 9.17) is 0 Å². The molecule has 3 nitrogen and oxygen atoms in total. The molecule has 2 fully saturated rings. The molecule has 2 atom stereocenters. The molecule has 0 aromatic rings. The van der Waals surface area contributed by atoms with E-state index in [0.717, 1.165) is 12.0 Å². The summed E-state index contributed by atoms with van der Waals surface area (Å²) in [6.45, 7) is 10.9. The molecule has 0 aromatic heterocycles. The van der Waals surface area contributed by atoms with Crippen LogP contribution in [0.4, 0.5) is 0 Å². The highest BCUT2D eigenvalue weighted by Crippen LogP contribution is 2.18. The van der Waals surface area contributed by atoms with Crippen LogP contribution in [0.1, 0.15) is 26.7 Å². The maximum absolute atomic E-state index is 3.64. The van der Waals surface area contributed by atoms with E-state index in [9.17, 15) is 0 Å². The molecule has 0 aliphatic carbocycles. The average Bonchev–Trinajstić information content (AvgIpc) is 2.29. The molecule has 3 heteroatoms. The highest BCUT2D eigenvalue weighted by molar-refractivity contribution is 4.87. The monoisotopic (exact) mass is 225 g/mol. The van der Waals surface area contributed by atoms with Gasteiger partial charge in [-0.05, 0) is 32.4 Å². The molecule has 2 unspecified atom stereocenters. The summed E-state index contributed by atoms with van der Waals surface area (Å²) in [5.41, 5.74) is 0. The lowest BCUT2D eigenvalue weighted by atomic mass is 9.98. The minimum absolute atomic E-state index is 0.695. The van der Waals surface area contributed by atoms with Gasteiger partial charge in [0, 0.05) is 38.3 Å². The van der Waals surface area contributed by atoms with E-state index < -0.39 is 0 Å². The molecule has 0 bridgehead atoms. The first-order valence-electron chi connectivity index (χ1n) is 6.83. The Labute approximate surface area is 100 Å². The molecule has 2 heterocycles. The molecule has 0 amide bonds. The van der Waals surface area contributed by atoms with E-state index >= 15 is 0 Å². The molecule has 2 saturated heterocycles. The molecule has 94 valence electrons. The number of rotatable bonds is 2. The second kappa shape index (κ2) is 5.48. The maximum Gasteiger partial charge on any atom is 0.0224 e. The van der Waals surface area contributed by atoms with Crippen LogP contribution in [0.25, 0.3) is 0 Å². The van der Waals surface area contributed by atoms with Crippen molar-refractivity contribution >= 4 is 0 Å². The molecular weight excluding hydrogens is 198 g/mol. The van der Waals surface area contributed by atoms with Gasteiger partial charge in [-0.3, -0.25) is 4.90 Å². The molecule has 2 aliphatic heterocycles. The standard InChI is InChI=1S/C13H27N3/c1-11(2)13-10-16(8-6-14-13)12-5-4-7-15(3)9-12/h11-14H,4-10H2,1-3H3. The molecule has 1 N–H and O–H groups in total. The van der Waals surface area contributed by atoms with E-state index in [2.05, 4.69) is 36.0 Å². The zero-order chi connectivity index (χ0) is 11.5. The first kappa shape index (κ1) is 12.3. The van der Waals surface area contributed by atoms with Crippen LogP contribution in [-0.2, 0) is 0 Å². The number of nitrogens with zero attached hydrogens (tertiary/aromatic N) is 2. The van der Waals surface area contributed by atoms with Crippen molar-refractivity contribution in [3.05, 3.63) is 0 Å². The fourth-order valence-corrected chi connectivity index (χ4v) is 3.02. The second-order valence-corrected chi connectivity index (χ2v) is 5.86. The Morgan fingerprint density at radius 3 is 2.69 bits per heavy atom. The van der Waals surface area contributed by atoms with Gasteiger partial charge in [0.25, 0.3) is 0 Å². The van der Waals surface area contributed by atoms with Gasteiger partial charge < -0.3 is 10.2 Å². The number of hydrogen-bond donors (Lipinski definition) is 1. The molecule has 2 rings (SSSR count). The van der Waals surface area contributed by atoms with Gasteiger partial charge in [-0.1, -0.05) is 13.8 Å². The minimum Gasteiger partial charge on any atom is -0.311 e. The van der Waals surface area contributed by atoms with Gasteiger partial charge in [-0.15, -0.1) is 0 Å². The predicted molar refractivity (Wildman–Crippen MR) is 68.7 cm³/mol. The molecule has 0 spiro atoms. The molecule has 0 saturated carbocycles. The maximum atomic E-state index is 3.64. The van der Waals surface area contributed by atoms with Crippen LogP contribution in [0.15, 0.2) is 0 Å². The number of piperidine rings is 1. The number of hydrogen-bond acceptors (Lipinski definition) is 3. The fourth-order valence-electron chi connectivity index (χ4n) is 3.02. The van der Waals surface area contributed by atoms with Crippen LogP contribution in [0, 0.1) is 5.92 Å². The van der Waals surface area contributed by atoms with Crippen molar-refractivity contribution in [2.45, 2.75) is 38.8 Å². The van der Waals surface area contributed by atoms with Gasteiger partial charge in [-0.25, -0.2) is 0 Å². The Morgan fingerprint density at radius 1 is 1.19 bits per heavy atom. The quantitative estimate of drug-likeness (QED) is 0.757. The van der Waals surface area contributed by atoms with Crippen LogP contribution >= 0.6 is 0 Å². The van der Waals surface area contributed by atoms with Gasteiger partial charge in [0.05, 0.1) is 0 Å². The molecular formula is C13H27N3. The Bertz CT molecular complexity index is 217. The third-order valence-corrected chi connectivity index (χ3v) is 4.16. The van der Waals surface area contributed by atoms with Crippen molar-refractivity contribution in [3.63, 3.8) is 0 Å². The van der Waals surface area contributed by atoms with Crippen LogP contribution in [0.2, 0.25) is 0 Å². The van der Waals surface area contributed by atoms with E-state index in [-0.39, 0.29) is 0 Å². The summed E-state index contributed by atoms with van der Waals surface area (Å²) >= 11 is 0. The third kappa shape index (κ3) is 2.96. The zero-order valence-electron chi connectivity index (χ0n) is 11.1. The SMILES string of the molecule is CC(C)C1CN(C2CCCN(C)C2)CCN1. The first-order valence-corrected chi connectivity index (χ1v) is 6.83. The van der Waals surface area contributed by atoms with Crippen LogP contribution < -0.4 is 5.32 Å². The normalized spacial score (nSPS) is 34.5. The topological polar surface area (TPSA) is 18.5 Å². The summed E-state index contributed by atoms with van der Waals surface area (Å²) in [6.07, 6.45) is 2.77. The van der Waals surface area contributed by atoms with E-state index in [1.165, 1.54) is 45.6 Å². The summed E-state index contributed by atoms with van der Waals surface area (Å²) < 4.78 is 0. The summed E-state index contributed by atoms with van der Waals surface area (Å²) in [5.74, 6) is 0.754. The molecule has 0 aromatic carbocycles. The van der Waals surface area contributed by atoms with Crippen molar-refractivity contribution in [3.8, 4) is 0 Å². The van der Waals surface area contributed by atoms with Crippen molar-refractivity contribution in [2.75, 3.05) is 39.8 Å². The van der Waals surface area contributed by atoms with E-state index in [1.54, 1.807) is 0 Å². The Hall–Kier alpha value is -0.120. The summed E-state index contributed by atoms with van der Waals surface area (Å²) in [6, 6.07) is 1.50. The number of piperazine rings is 1. The number of likely N-dealkylation sites (N-methyl/N-ethyl adjacent to an activating group) is 1. The Morgan fingerprint density at radius 2 is 2.00 bits per heavy atom. The van der Waals surface area contributed by atoms with Crippen LogP contribution in [0.5, 0.6) is 0 Å². The highest BCUT2D eigenvalue weighted by atomic mass is 15.3. The van der Waals surface area contributed by atoms with Gasteiger partial charge >= 0.3 is 0 Å². The van der Waals surface area contributed by atoms with E-state index in [1.807, 2.05) is 0 Å². The Balaban J connectivity index is 1.88. The number of nitrogens with one attached hydrogen (secondary N) is 1. The van der Waals surface area contributed by atoms with Gasteiger partial charge in [0.1, 0.15) is 0 Å². The summed E-state index contributed by atoms with van der Waals surface area (Å²) in [4.78, 5) is 5.21. The molecule has 0 radical (unpaired) electrons. The minimum atomic E-state index is 0.695. The lowest BCUT2D eigenvalue weighted by Gasteiger charge is -2.43. The summed E-state index contributed by atoms with van der Waals surface area (Å²) in [5, 5.41) is 3.64. The lowest BCUT2D eigenvalue weighted by molar-refractivity contribution is 0.0762. The zero-order valence-corrected chi connectivity index (χ0v) is 11.1. The van der Waals surface area contributed by atoms with Crippen molar-refractivity contribution in [1.82, 2.24) is 15.1 Å². The second-order valence-electron chi connectivity index (χ2n) is 5.86. The Kier molecular flexibility index (Phi) is 4.22. The van der Waals surface area contributed by atoms with Crippen molar-refractivity contribution < 1.29 is 0 Å². The summed E-state index contributed by atoms with van der Waals surface area (Å²) in [7, 11) is 2.26. The smallest absolute Gasteiger partial charge is 0.0224 e. The largest absolute Gasteiger partial charge is 0.311 e. The lowest BCUT2D eigenvalue weighted by Crippen LogP contribution is -2.58. The van der Waals surface area contributed by atoms with Crippen molar-refractivity contribution in [1.29, 1.82) is 0 Å². The highest BCUT2D eigenvalue weighted by Gasteiger charge is 2.28. The average molecular weight is 225 g/mol. The van der Waals surface area contributed by atoms with Crippen LogP contribution in [-0.4, -0.2) is 61.7 Å². The first-order chi connectivity index (χ1) is 7.66. The van der Waals surface area contributed by atoms with Crippen LogP contribution in [0.3, 0.4) is 0 Å².